The summed E-state index contributed by atoms with van der Waals surface area (Å²) in [6, 6.07) is 9.22. The average molecular weight is 493 g/mol. The van der Waals surface area contributed by atoms with Crippen LogP contribution in [0.4, 0.5) is 26.3 Å². The molecule has 10 heteroatoms. The van der Waals surface area contributed by atoms with E-state index >= 15 is 0 Å². The topological polar surface area (TPSA) is 64.7 Å². The van der Waals surface area contributed by atoms with Gasteiger partial charge in [-0.15, -0.1) is 13.2 Å². The summed E-state index contributed by atoms with van der Waals surface area (Å²) in [5.74, 6) is -0.678. The van der Waals surface area contributed by atoms with E-state index in [1.54, 1.807) is 6.07 Å². The molecule has 0 aliphatic carbocycles. The summed E-state index contributed by atoms with van der Waals surface area (Å²) >= 11 is 0. The Morgan fingerprint density at radius 2 is 1.62 bits per heavy atom. The maximum absolute atomic E-state index is 13.6. The molecule has 0 saturated carbocycles. The number of ether oxygens (including phenoxy) is 2. The van der Waals surface area contributed by atoms with E-state index in [1.165, 1.54) is 30.3 Å². The van der Waals surface area contributed by atoms with Gasteiger partial charge in [-0.1, -0.05) is 31.5 Å². The van der Waals surface area contributed by atoms with Crippen LogP contribution in [-0.4, -0.2) is 30.2 Å². The quantitative estimate of drug-likeness (QED) is 0.280. The highest BCUT2D eigenvalue weighted by molar-refractivity contribution is 5.39. The van der Waals surface area contributed by atoms with Gasteiger partial charge < -0.3 is 20.3 Å². The van der Waals surface area contributed by atoms with Gasteiger partial charge in [-0.3, -0.25) is 0 Å². The van der Waals surface area contributed by atoms with Crippen LogP contribution < -0.4 is 15.2 Å². The molecule has 2 aromatic carbocycles. The largest absolute Gasteiger partial charge is 0.573 e. The minimum Gasteiger partial charge on any atom is -0.493 e. The Hall–Kier alpha value is -2.46. The molecule has 0 saturated heterocycles. The molecule has 2 aromatic rings. The van der Waals surface area contributed by atoms with Crippen molar-refractivity contribution in [3.8, 4) is 11.5 Å². The van der Waals surface area contributed by atoms with E-state index in [0.29, 0.717) is 30.4 Å². The number of halogens is 6. The van der Waals surface area contributed by atoms with Gasteiger partial charge in [-0.05, 0) is 67.5 Å². The number of hydrogen-bond donors (Lipinski definition) is 2. The molecular weight excluding hydrogens is 464 g/mol. The van der Waals surface area contributed by atoms with Gasteiger partial charge in [-0.25, -0.2) is 0 Å². The van der Waals surface area contributed by atoms with E-state index in [2.05, 4.69) is 4.74 Å². The Bertz CT molecular complexity index is 916. The van der Waals surface area contributed by atoms with Gasteiger partial charge in [0.15, 0.2) is 0 Å². The maximum Gasteiger partial charge on any atom is 0.573 e. The van der Waals surface area contributed by atoms with E-state index in [-0.39, 0.29) is 37.6 Å². The highest BCUT2D eigenvalue weighted by Crippen LogP contribution is 2.37. The third-order valence-electron chi connectivity index (χ3n) is 5.32. The van der Waals surface area contributed by atoms with Crippen LogP contribution in [0, 0.1) is 0 Å². The van der Waals surface area contributed by atoms with Crippen LogP contribution in [0.15, 0.2) is 42.5 Å². The van der Waals surface area contributed by atoms with Gasteiger partial charge in [0.2, 0.25) is 0 Å². The van der Waals surface area contributed by atoms with Crippen LogP contribution in [0.3, 0.4) is 0 Å². The van der Waals surface area contributed by atoms with Gasteiger partial charge in [0.25, 0.3) is 0 Å². The first-order valence-electron chi connectivity index (χ1n) is 10.9. The Morgan fingerprint density at radius 1 is 0.912 bits per heavy atom. The van der Waals surface area contributed by atoms with Gasteiger partial charge in [0.1, 0.15) is 11.5 Å². The Morgan fingerprint density at radius 3 is 2.24 bits per heavy atom. The molecule has 3 N–H and O–H groups in total. The summed E-state index contributed by atoms with van der Waals surface area (Å²) < 4.78 is 87.0. The number of benzene rings is 2. The Kier molecular flexibility index (Phi) is 9.64. The fourth-order valence-corrected chi connectivity index (χ4v) is 3.61. The van der Waals surface area contributed by atoms with E-state index in [4.69, 9.17) is 10.5 Å². The summed E-state index contributed by atoms with van der Waals surface area (Å²) in [5.41, 5.74) is 5.34. The van der Waals surface area contributed by atoms with Gasteiger partial charge >= 0.3 is 12.5 Å². The van der Waals surface area contributed by atoms with E-state index in [9.17, 15) is 31.4 Å². The van der Waals surface area contributed by atoms with Crippen molar-refractivity contribution in [3.63, 3.8) is 0 Å². The van der Waals surface area contributed by atoms with Crippen molar-refractivity contribution in [1.29, 1.82) is 0 Å². The SMILES string of the molecule is CCC[C@](N)(CO)CCc1ccc(OCCCc2cccc(OC(F)(F)F)c2)c(C(F)(F)F)c1. The Labute approximate surface area is 194 Å². The number of nitrogens with two attached hydrogens (primary N) is 1. The maximum atomic E-state index is 13.6. The highest BCUT2D eigenvalue weighted by Gasteiger charge is 2.35. The number of aliphatic hydroxyl groups is 1. The second-order valence-corrected chi connectivity index (χ2v) is 8.25. The van der Waals surface area contributed by atoms with Gasteiger partial charge in [-0.2, -0.15) is 13.2 Å². The minimum atomic E-state index is -4.80. The zero-order valence-electron chi connectivity index (χ0n) is 18.8. The molecule has 190 valence electrons. The van der Waals surface area contributed by atoms with Crippen LogP contribution in [-0.2, 0) is 19.0 Å². The Balaban J connectivity index is 1.99. The molecule has 0 radical (unpaired) electrons. The molecule has 2 rings (SSSR count). The first kappa shape index (κ1) is 27.8. The summed E-state index contributed by atoms with van der Waals surface area (Å²) in [7, 11) is 0. The standard InChI is InChI=1S/C24H29F6NO3/c1-2-11-22(31,16-32)12-10-18-8-9-21(20(15-18)23(25,26)27)33-13-4-6-17-5-3-7-19(14-17)34-24(28,29)30/h3,5,7-9,14-15,32H,2,4,6,10-13,16,31H2,1H3/t22-/m1/s1. The molecule has 0 heterocycles. The normalized spacial score (nSPS) is 14.0. The molecule has 0 aliphatic rings. The van der Waals surface area contributed by atoms with Gasteiger partial charge in [0.05, 0.1) is 18.8 Å². The fourth-order valence-electron chi connectivity index (χ4n) is 3.61. The lowest BCUT2D eigenvalue weighted by Gasteiger charge is -2.27. The molecule has 0 amide bonds. The zero-order valence-corrected chi connectivity index (χ0v) is 18.8. The first-order valence-corrected chi connectivity index (χ1v) is 10.9. The van der Waals surface area contributed by atoms with Crippen molar-refractivity contribution >= 4 is 0 Å². The molecule has 0 bridgehead atoms. The zero-order chi connectivity index (χ0) is 25.4. The monoisotopic (exact) mass is 493 g/mol. The minimum absolute atomic E-state index is 0.0558. The lowest BCUT2D eigenvalue weighted by molar-refractivity contribution is -0.274. The van der Waals surface area contributed by atoms with Crippen LogP contribution in [0.5, 0.6) is 11.5 Å². The number of rotatable bonds is 12. The second kappa shape index (κ2) is 11.8. The van der Waals surface area contributed by atoms with Crippen molar-refractivity contribution in [2.75, 3.05) is 13.2 Å². The lowest BCUT2D eigenvalue weighted by Crippen LogP contribution is -2.43. The van der Waals surface area contributed by atoms with Crippen molar-refractivity contribution in [1.82, 2.24) is 0 Å². The number of alkyl halides is 6. The van der Waals surface area contributed by atoms with Crippen molar-refractivity contribution < 1.29 is 40.9 Å². The number of aliphatic hydroxyl groups excluding tert-OH is 1. The number of aryl methyl sites for hydroxylation is 2. The molecule has 34 heavy (non-hydrogen) atoms. The van der Waals surface area contributed by atoms with Crippen molar-refractivity contribution in [3.05, 3.63) is 59.2 Å². The molecule has 0 spiro atoms. The van der Waals surface area contributed by atoms with Crippen LogP contribution in [0.1, 0.15) is 49.3 Å². The molecular formula is C24H29F6NO3. The summed E-state index contributed by atoms with van der Waals surface area (Å²) in [6.07, 6.45) is -6.93. The second-order valence-electron chi connectivity index (χ2n) is 8.25. The molecule has 0 unspecified atom stereocenters. The van der Waals surface area contributed by atoms with E-state index < -0.39 is 23.6 Å². The van der Waals surface area contributed by atoms with E-state index in [0.717, 1.165) is 12.5 Å². The third kappa shape index (κ3) is 9.06. The van der Waals surface area contributed by atoms with Gasteiger partial charge in [0, 0.05) is 5.54 Å². The molecule has 0 aromatic heterocycles. The summed E-state index contributed by atoms with van der Waals surface area (Å²) in [5, 5.41) is 9.51. The van der Waals surface area contributed by atoms with Crippen molar-refractivity contribution in [2.45, 2.75) is 63.5 Å². The first-order chi connectivity index (χ1) is 15.8. The molecule has 0 fully saturated rings. The predicted molar refractivity (Wildman–Crippen MR) is 116 cm³/mol. The molecule has 1 atom stereocenters. The highest BCUT2D eigenvalue weighted by atomic mass is 19.4. The number of hydrogen-bond acceptors (Lipinski definition) is 4. The molecule has 0 aliphatic heterocycles. The van der Waals surface area contributed by atoms with E-state index in [1.807, 2.05) is 6.92 Å². The average Bonchev–Trinajstić information content (AvgIpc) is 2.74. The summed E-state index contributed by atoms with van der Waals surface area (Å²) in [6.45, 7) is 1.61. The summed E-state index contributed by atoms with van der Waals surface area (Å²) in [4.78, 5) is 0. The predicted octanol–water partition coefficient (Wildman–Crippen LogP) is 6.04. The van der Waals surface area contributed by atoms with Crippen LogP contribution in [0.2, 0.25) is 0 Å². The van der Waals surface area contributed by atoms with Crippen LogP contribution in [0.25, 0.3) is 0 Å². The van der Waals surface area contributed by atoms with Crippen LogP contribution >= 0.6 is 0 Å². The third-order valence-corrected chi connectivity index (χ3v) is 5.32. The smallest absolute Gasteiger partial charge is 0.493 e. The molecule has 4 nitrogen and oxygen atoms in total. The fraction of sp³-hybridized carbons (Fsp3) is 0.500. The lowest BCUT2D eigenvalue weighted by atomic mass is 9.88. The van der Waals surface area contributed by atoms with Crippen molar-refractivity contribution in [2.24, 2.45) is 5.73 Å².